The van der Waals surface area contributed by atoms with Crippen LogP contribution in [0.15, 0.2) is 0 Å². The van der Waals surface area contributed by atoms with Crippen LogP contribution in [0.3, 0.4) is 0 Å². The smallest absolute Gasteiger partial charge is 0.145 e. The molecule has 10 rings (SSSR count). The van der Waals surface area contributed by atoms with Crippen LogP contribution in [-0.2, 0) is 28.5 Å². The molecule has 0 aliphatic heterocycles. The summed E-state index contributed by atoms with van der Waals surface area (Å²) in [6.07, 6.45) is 87.1. The standard InChI is InChI=1S/C46H82O3.C44H78O3/c1-3-5-7-9-11-13-15-17-35-48-42-23-19-38(20-24-42)40-27-31-45(32-28-40)37-46(44(45)47)33-29-41(30-34-46)39-21-25-43(26-22-39)49-36-18-16-14-12-10-8-6-4-2;1-3-5-7-9-11-13-15-33-46-40-21-17-36(18-22-40)38-25-29-43(30-26-38)35-44(42(43)45)31-27-39(28-32-44)37-19-23-41(24-20-37)47-34-16-14-12-10-8-6-4-2/h38-43H,3-37H2,1-2H3;36-41H,3-35H2,1-2H3/t;36-,37?,38-,39-,40-,41?,43-,44-. The number of ether oxygens (including phenoxy) is 4. The molecule has 0 heterocycles. The van der Waals surface area contributed by atoms with Crippen molar-refractivity contribution in [3.8, 4) is 0 Å². The minimum atomic E-state index is 0.0874. The fourth-order valence-electron chi connectivity index (χ4n) is 23.3. The topological polar surface area (TPSA) is 71.1 Å². The Morgan fingerprint density at radius 2 is 0.375 bits per heavy atom. The lowest BCUT2D eigenvalue weighted by atomic mass is 9.42. The van der Waals surface area contributed by atoms with E-state index in [1.807, 2.05) is 0 Å². The Kier molecular flexibility index (Phi) is 35.9. The second-order valence-electron chi connectivity index (χ2n) is 36.3. The van der Waals surface area contributed by atoms with Gasteiger partial charge in [0.15, 0.2) is 0 Å². The van der Waals surface area contributed by atoms with Crippen LogP contribution in [0.25, 0.3) is 0 Å². The maximum Gasteiger partial charge on any atom is 0.145 e. The predicted molar refractivity (Wildman–Crippen MR) is 405 cm³/mol. The molecule has 6 nitrogen and oxygen atoms in total. The molecular weight excluding hydrogens is 1180 g/mol. The summed E-state index contributed by atoms with van der Waals surface area (Å²) in [6, 6.07) is 0. The first-order chi connectivity index (χ1) is 47.1. The van der Waals surface area contributed by atoms with Crippen LogP contribution >= 0.6 is 0 Å². The molecule has 6 heteroatoms. The number of rotatable bonds is 42. The number of hydrogen-bond acceptors (Lipinski definition) is 6. The number of carbonyl (C=O) groups is 2. The van der Waals surface area contributed by atoms with Gasteiger partial charge in [0.25, 0.3) is 0 Å². The summed E-state index contributed by atoms with van der Waals surface area (Å²) in [5, 5.41) is 0. The first kappa shape index (κ1) is 79.3. The molecule has 10 fully saturated rings. The number of ketones is 2. The van der Waals surface area contributed by atoms with E-state index in [1.165, 1.54) is 411 Å². The Morgan fingerprint density at radius 3 is 0.542 bits per heavy atom. The third kappa shape index (κ3) is 24.1. The summed E-state index contributed by atoms with van der Waals surface area (Å²) < 4.78 is 25.3. The van der Waals surface area contributed by atoms with E-state index < -0.39 is 0 Å². The first-order valence-electron chi connectivity index (χ1n) is 44.7. The van der Waals surface area contributed by atoms with E-state index in [1.54, 1.807) is 0 Å². The number of hydrogen-bond donors (Lipinski definition) is 0. The fourth-order valence-corrected chi connectivity index (χ4v) is 23.3. The Hall–Kier alpha value is -0.820. The molecule has 10 aliphatic carbocycles. The normalized spacial score (nSPS) is 35.7. The van der Waals surface area contributed by atoms with E-state index in [-0.39, 0.29) is 21.7 Å². The molecule has 0 aromatic carbocycles. The zero-order chi connectivity index (χ0) is 67.0. The van der Waals surface area contributed by atoms with Crippen LogP contribution in [0.5, 0.6) is 0 Å². The van der Waals surface area contributed by atoms with E-state index in [2.05, 4.69) is 27.7 Å². The third-order valence-corrected chi connectivity index (χ3v) is 29.7. The van der Waals surface area contributed by atoms with Crippen molar-refractivity contribution in [3.63, 3.8) is 0 Å². The van der Waals surface area contributed by atoms with E-state index in [9.17, 15) is 9.59 Å². The Bertz CT molecular complexity index is 1880. The molecule has 10 saturated carbocycles. The van der Waals surface area contributed by atoms with Crippen LogP contribution in [0.2, 0.25) is 0 Å². The van der Waals surface area contributed by atoms with E-state index in [0.717, 1.165) is 85.3 Å². The highest BCUT2D eigenvalue weighted by Crippen LogP contribution is 2.67. The van der Waals surface area contributed by atoms with Crippen molar-refractivity contribution < 1.29 is 28.5 Å². The van der Waals surface area contributed by atoms with Crippen molar-refractivity contribution in [3.05, 3.63) is 0 Å². The second-order valence-corrected chi connectivity index (χ2v) is 36.3. The molecule has 0 aromatic heterocycles. The Balaban J connectivity index is 0.000000226. The second kappa shape index (κ2) is 43.5. The highest BCUT2D eigenvalue weighted by Gasteiger charge is 2.65. The zero-order valence-electron chi connectivity index (χ0n) is 64.5. The highest BCUT2D eigenvalue weighted by molar-refractivity contribution is 5.97. The molecule has 0 saturated heterocycles. The van der Waals surface area contributed by atoms with Crippen molar-refractivity contribution in [2.24, 2.45) is 69.0 Å². The number of unbranched alkanes of at least 4 members (excludes halogenated alkanes) is 26. The van der Waals surface area contributed by atoms with Gasteiger partial charge in [-0.05, 0) is 291 Å². The third-order valence-electron chi connectivity index (χ3n) is 29.7. The molecule has 0 bridgehead atoms. The summed E-state index contributed by atoms with van der Waals surface area (Å²) >= 11 is 0. The number of Topliss-reactive ketones (excluding diaryl/α,β-unsaturated/α-hetero) is 2. The molecule has 10 aliphatic rings. The van der Waals surface area contributed by atoms with Crippen LogP contribution < -0.4 is 0 Å². The van der Waals surface area contributed by atoms with Crippen molar-refractivity contribution in [2.45, 2.75) is 463 Å². The molecule has 556 valence electrons. The summed E-state index contributed by atoms with van der Waals surface area (Å²) in [5.41, 5.74) is 0.352. The lowest BCUT2D eigenvalue weighted by Crippen LogP contribution is -2.60. The van der Waals surface area contributed by atoms with E-state index >= 15 is 0 Å². The van der Waals surface area contributed by atoms with Gasteiger partial charge in [0, 0.05) is 48.1 Å². The highest BCUT2D eigenvalue weighted by atomic mass is 16.5. The molecule has 0 unspecified atom stereocenters. The minimum Gasteiger partial charge on any atom is -0.378 e. The van der Waals surface area contributed by atoms with Crippen molar-refractivity contribution >= 4 is 11.6 Å². The maximum atomic E-state index is 14.0. The van der Waals surface area contributed by atoms with E-state index in [4.69, 9.17) is 18.9 Å². The average molecular weight is 1340 g/mol. The monoisotopic (exact) mass is 1340 g/mol. The summed E-state index contributed by atoms with van der Waals surface area (Å²) in [4.78, 5) is 27.9. The van der Waals surface area contributed by atoms with Gasteiger partial charge in [-0.15, -0.1) is 0 Å². The molecular formula is C90H160O6. The van der Waals surface area contributed by atoms with E-state index in [0.29, 0.717) is 24.4 Å². The molecule has 0 amide bonds. The van der Waals surface area contributed by atoms with Gasteiger partial charge in [0.05, 0.1) is 24.4 Å². The summed E-state index contributed by atoms with van der Waals surface area (Å²) in [7, 11) is 0. The van der Waals surface area contributed by atoms with Crippen LogP contribution in [-0.4, -0.2) is 62.4 Å². The molecule has 0 radical (unpaired) electrons. The maximum absolute atomic E-state index is 14.0. The largest absolute Gasteiger partial charge is 0.378 e. The molecule has 0 N–H and O–H groups in total. The van der Waals surface area contributed by atoms with Gasteiger partial charge in [-0.25, -0.2) is 0 Å². The van der Waals surface area contributed by atoms with Crippen LogP contribution in [0.4, 0.5) is 0 Å². The van der Waals surface area contributed by atoms with Crippen molar-refractivity contribution in [1.82, 2.24) is 0 Å². The van der Waals surface area contributed by atoms with Gasteiger partial charge in [-0.2, -0.15) is 0 Å². The van der Waals surface area contributed by atoms with Gasteiger partial charge in [-0.1, -0.05) is 195 Å². The average Bonchev–Trinajstić information content (AvgIpc) is 0.720. The lowest BCUT2D eigenvalue weighted by Gasteiger charge is -2.60. The molecule has 0 aromatic rings. The molecule has 96 heavy (non-hydrogen) atoms. The Labute approximate surface area is 595 Å². The predicted octanol–water partition coefficient (Wildman–Crippen LogP) is 26.7. The summed E-state index contributed by atoms with van der Waals surface area (Å²) in [5.74, 6) is 8.53. The Morgan fingerprint density at radius 1 is 0.219 bits per heavy atom. The SMILES string of the molecule is CCCCCCCCCCOC1CCC(C2CCC3(CC2)CC2(CCC(C4CCC(OCCCCCCCCCC)CC4)CC2)C3=O)CC1.CCCCCCCCCOC1CCC([C@H]2CC[C@]3(CC2)C[C@@]2(CC[C@H]([C@H]4CC[C@H](OCCCCCCCCC)CC4)CC2)C3=O)CC1. The quantitative estimate of drug-likeness (QED) is 0.0567. The van der Waals surface area contributed by atoms with Crippen LogP contribution in [0.1, 0.15) is 439 Å². The summed E-state index contributed by atoms with van der Waals surface area (Å²) in [6.45, 7) is 13.1. The molecule has 0 atom stereocenters. The first-order valence-corrected chi connectivity index (χ1v) is 44.7. The zero-order valence-corrected chi connectivity index (χ0v) is 64.5. The van der Waals surface area contributed by atoms with Gasteiger partial charge >= 0.3 is 0 Å². The number of carbonyl (C=O) groups excluding carboxylic acids is 2. The van der Waals surface area contributed by atoms with Crippen molar-refractivity contribution in [1.29, 1.82) is 0 Å². The molecule has 4 spiro atoms. The van der Waals surface area contributed by atoms with Gasteiger partial charge < -0.3 is 18.9 Å². The van der Waals surface area contributed by atoms with Gasteiger partial charge in [0.1, 0.15) is 11.6 Å². The van der Waals surface area contributed by atoms with Gasteiger partial charge in [0.2, 0.25) is 0 Å². The fraction of sp³-hybridized carbons (Fsp3) is 0.978. The van der Waals surface area contributed by atoms with Crippen molar-refractivity contribution in [2.75, 3.05) is 26.4 Å². The lowest BCUT2D eigenvalue weighted by molar-refractivity contribution is -0.171. The van der Waals surface area contributed by atoms with Crippen LogP contribution in [0, 0.1) is 69.0 Å². The minimum absolute atomic E-state index is 0.0874. The van der Waals surface area contributed by atoms with Gasteiger partial charge in [-0.3, -0.25) is 9.59 Å².